The number of methoxy groups -OCH3 is 1. The van der Waals surface area contributed by atoms with Crippen LogP contribution in [0.4, 0.5) is 23.7 Å². The summed E-state index contributed by atoms with van der Waals surface area (Å²) in [4.78, 5) is 21.8. The number of urea groups is 1. The molecule has 0 N–H and O–H groups in total. The van der Waals surface area contributed by atoms with E-state index in [-0.39, 0.29) is 18.3 Å². The van der Waals surface area contributed by atoms with Crippen LogP contribution in [0.3, 0.4) is 0 Å². The largest absolute Gasteiger partial charge is 0.496 e. The molecule has 4 rings (SSSR count). The first-order chi connectivity index (χ1) is 16.3. The second-order valence-electron chi connectivity index (χ2n) is 7.76. The Morgan fingerprint density at radius 2 is 1.91 bits per heavy atom. The van der Waals surface area contributed by atoms with Crippen molar-refractivity contribution < 1.29 is 22.7 Å². The van der Waals surface area contributed by atoms with E-state index in [9.17, 15) is 23.2 Å². The molecule has 0 aliphatic carbocycles. The van der Waals surface area contributed by atoms with Gasteiger partial charge in [0, 0.05) is 31.9 Å². The molecule has 1 unspecified atom stereocenters. The van der Waals surface area contributed by atoms with Crippen LogP contribution in [-0.4, -0.2) is 61.0 Å². The Balaban J connectivity index is 1.60. The second-order valence-corrected chi connectivity index (χ2v) is 7.76. The monoisotopic (exact) mass is 468 g/mol. The van der Waals surface area contributed by atoms with E-state index < -0.39 is 23.3 Å². The summed E-state index contributed by atoms with van der Waals surface area (Å²) in [5.41, 5.74) is -0.872. The van der Waals surface area contributed by atoms with Crippen molar-refractivity contribution in [3.63, 3.8) is 0 Å². The Morgan fingerprint density at radius 3 is 2.59 bits per heavy atom. The van der Waals surface area contributed by atoms with Crippen LogP contribution >= 0.6 is 0 Å². The van der Waals surface area contributed by atoms with Crippen LogP contribution in [0, 0.1) is 22.8 Å². The van der Waals surface area contributed by atoms with Gasteiger partial charge in [0.25, 0.3) is 0 Å². The number of hydrogen-bond donors (Lipinski definition) is 0. The van der Waals surface area contributed by atoms with Crippen LogP contribution in [0.25, 0.3) is 0 Å². The van der Waals surface area contributed by atoms with Gasteiger partial charge in [-0.05, 0) is 30.3 Å². The minimum atomic E-state index is -4.72. The fourth-order valence-electron chi connectivity index (χ4n) is 4.33. The van der Waals surface area contributed by atoms with Gasteiger partial charge in [0.1, 0.15) is 5.75 Å². The summed E-state index contributed by atoms with van der Waals surface area (Å²) in [6.45, 7) is 1.19. The van der Waals surface area contributed by atoms with Crippen molar-refractivity contribution in [2.75, 3.05) is 38.2 Å². The number of alkyl halides is 3. The lowest BCUT2D eigenvalue weighted by Crippen LogP contribution is -2.54. The maximum atomic E-state index is 13.4. The van der Waals surface area contributed by atoms with Gasteiger partial charge in [-0.2, -0.15) is 28.7 Å². The van der Waals surface area contributed by atoms with E-state index in [0.29, 0.717) is 36.8 Å². The first-order valence-corrected chi connectivity index (χ1v) is 10.3. The third-order valence-electron chi connectivity index (χ3n) is 5.90. The van der Waals surface area contributed by atoms with Crippen LogP contribution in [0.1, 0.15) is 16.7 Å². The van der Waals surface area contributed by atoms with Gasteiger partial charge in [0.05, 0.1) is 35.9 Å². The fraction of sp³-hybridized carbons (Fsp3) is 0.304. The lowest BCUT2D eigenvalue weighted by Gasteiger charge is -2.38. The number of benzene rings is 2. The van der Waals surface area contributed by atoms with E-state index in [1.54, 1.807) is 35.2 Å². The highest BCUT2D eigenvalue weighted by atomic mass is 19.4. The number of aliphatic imine (C=N–C) groups is 1. The summed E-state index contributed by atoms with van der Waals surface area (Å²) in [5.74, 6) is 0.948. The first kappa shape index (κ1) is 22.9. The van der Waals surface area contributed by atoms with Crippen molar-refractivity contribution in [1.82, 2.24) is 9.80 Å². The van der Waals surface area contributed by atoms with Crippen molar-refractivity contribution in [1.29, 1.82) is 10.5 Å². The average Bonchev–Trinajstić information content (AvgIpc) is 3.17. The molecule has 0 aromatic heterocycles. The molecule has 2 aromatic rings. The van der Waals surface area contributed by atoms with E-state index in [0.717, 1.165) is 12.1 Å². The summed E-state index contributed by atoms with van der Waals surface area (Å²) in [6.07, 6.45) is -2.90. The maximum Gasteiger partial charge on any atom is 0.417 e. The molecule has 2 heterocycles. The maximum absolute atomic E-state index is 13.4. The number of fused-ring (bicyclic) bond motifs is 1. The quantitative estimate of drug-likeness (QED) is 0.391. The predicted octanol–water partition coefficient (Wildman–Crippen LogP) is 3.44. The van der Waals surface area contributed by atoms with Crippen molar-refractivity contribution in [3.05, 3.63) is 59.2 Å². The molecule has 2 fully saturated rings. The van der Waals surface area contributed by atoms with Crippen LogP contribution in [-0.2, 0) is 6.18 Å². The molecule has 1 atom stereocenters. The highest BCUT2D eigenvalue weighted by Gasteiger charge is 2.43. The molecular weight excluding hydrogens is 449 g/mol. The number of para-hydroxylation sites is 1. The molecule has 0 radical (unpaired) electrons. The summed E-state index contributed by atoms with van der Waals surface area (Å²) in [5, 5.41) is 18.3. The number of nitriles is 2. The number of halogens is 3. The highest BCUT2D eigenvalue weighted by molar-refractivity contribution is 6.02. The number of piperazine rings is 1. The van der Waals surface area contributed by atoms with Gasteiger partial charge in [-0.25, -0.2) is 4.79 Å². The molecule has 11 heteroatoms. The third kappa shape index (κ3) is 4.08. The van der Waals surface area contributed by atoms with Gasteiger partial charge in [-0.15, -0.1) is 0 Å². The van der Waals surface area contributed by atoms with Crippen molar-refractivity contribution >= 4 is 17.6 Å². The summed E-state index contributed by atoms with van der Waals surface area (Å²) in [6, 6.07) is 11.2. The zero-order valence-corrected chi connectivity index (χ0v) is 18.1. The Morgan fingerprint density at radius 1 is 1.15 bits per heavy atom. The van der Waals surface area contributed by atoms with Crippen LogP contribution < -0.4 is 9.64 Å². The van der Waals surface area contributed by atoms with Crippen LogP contribution in [0.5, 0.6) is 5.75 Å². The first-order valence-electron chi connectivity index (χ1n) is 10.3. The smallest absolute Gasteiger partial charge is 0.417 e. The van der Waals surface area contributed by atoms with Crippen LogP contribution in [0.2, 0.25) is 0 Å². The Labute approximate surface area is 193 Å². The number of carbonyl (C=O) groups excluding carboxylic acids is 1. The molecule has 8 nitrogen and oxygen atoms in total. The molecule has 0 saturated carbocycles. The number of ether oxygens (including phenoxy) is 1. The Hall–Kier alpha value is -4.25. The number of hydrogen-bond acceptors (Lipinski definition) is 5. The molecule has 2 aromatic carbocycles. The number of carbonyl (C=O) groups is 1. The fourth-order valence-corrected chi connectivity index (χ4v) is 4.33. The lowest BCUT2D eigenvalue weighted by atomic mass is 10.1. The minimum absolute atomic E-state index is 0.0768. The van der Waals surface area contributed by atoms with Gasteiger partial charge in [0.2, 0.25) is 6.19 Å². The summed E-state index contributed by atoms with van der Waals surface area (Å²) >= 11 is 0. The SMILES string of the molecule is COc1ccccc1C(=NC#N)N1CCN2C(=O)N(c3ccc(C#N)c(C(F)(F)F)c3)CC2C1. The molecule has 2 aliphatic rings. The van der Waals surface area contributed by atoms with Crippen LogP contribution in [0.15, 0.2) is 47.5 Å². The van der Waals surface area contributed by atoms with E-state index in [1.807, 2.05) is 11.1 Å². The van der Waals surface area contributed by atoms with Gasteiger partial charge < -0.3 is 14.5 Å². The molecule has 2 amide bonds. The van der Waals surface area contributed by atoms with Gasteiger partial charge in [0.15, 0.2) is 5.84 Å². The molecule has 2 aliphatic heterocycles. The zero-order chi connectivity index (χ0) is 24.5. The molecule has 174 valence electrons. The topological polar surface area (TPSA) is 96.0 Å². The van der Waals surface area contributed by atoms with Gasteiger partial charge in [-0.3, -0.25) is 4.90 Å². The van der Waals surface area contributed by atoms with Crippen molar-refractivity contribution in [2.45, 2.75) is 12.2 Å². The number of amidine groups is 1. The molecule has 34 heavy (non-hydrogen) atoms. The molecular formula is C23H19F3N6O2. The van der Waals surface area contributed by atoms with Gasteiger partial charge >= 0.3 is 12.2 Å². The lowest BCUT2D eigenvalue weighted by molar-refractivity contribution is -0.137. The Kier molecular flexibility index (Phi) is 6.03. The number of amides is 2. The Bertz CT molecular complexity index is 1230. The number of nitrogens with zero attached hydrogens (tertiary/aromatic N) is 6. The van der Waals surface area contributed by atoms with E-state index in [4.69, 9.17) is 10.00 Å². The molecule has 0 bridgehead atoms. The standard InChI is InChI=1S/C23H19F3N6O2/c1-34-20-5-3-2-4-18(20)21(29-14-28)30-8-9-31-17(12-30)13-32(22(31)33)16-7-6-15(11-27)19(10-16)23(24,25)26/h2-7,10,17H,8-9,12-13H2,1H3. The third-order valence-corrected chi connectivity index (χ3v) is 5.90. The predicted molar refractivity (Wildman–Crippen MR) is 116 cm³/mol. The van der Waals surface area contributed by atoms with E-state index >= 15 is 0 Å². The summed E-state index contributed by atoms with van der Waals surface area (Å²) in [7, 11) is 1.51. The van der Waals surface area contributed by atoms with Crippen molar-refractivity contribution in [2.24, 2.45) is 4.99 Å². The summed E-state index contributed by atoms with van der Waals surface area (Å²) < 4.78 is 45.6. The molecule has 0 spiro atoms. The normalized spacial score (nSPS) is 18.4. The number of rotatable bonds is 3. The number of anilines is 1. The van der Waals surface area contributed by atoms with Gasteiger partial charge in [-0.1, -0.05) is 12.1 Å². The highest BCUT2D eigenvalue weighted by Crippen LogP contribution is 2.36. The zero-order valence-electron chi connectivity index (χ0n) is 18.1. The average molecular weight is 468 g/mol. The minimum Gasteiger partial charge on any atom is -0.496 e. The molecule has 2 saturated heterocycles. The van der Waals surface area contributed by atoms with Crippen molar-refractivity contribution in [3.8, 4) is 18.0 Å². The van der Waals surface area contributed by atoms with E-state index in [1.165, 1.54) is 18.1 Å². The van der Waals surface area contributed by atoms with E-state index in [2.05, 4.69) is 4.99 Å². The second kappa shape index (κ2) is 8.94.